The molecule has 0 fully saturated rings. The van der Waals surface area contributed by atoms with Gasteiger partial charge in [-0.25, -0.2) is 0 Å². The lowest BCUT2D eigenvalue weighted by Crippen LogP contribution is -1.90. The molecule has 60 valence electrons. The second-order valence-electron chi connectivity index (χ2n) is 2.72. The fraction of sp³-hybridized carbons (Fsp3) is 0.333. The summed E-state index contributed by atoms with van der Waals surface area (Å²) in [4.78, 5) is 0. The predicted octanol–water partition coefficient (Wildman–Crippen LogP) is 1.75. The standard InChI is InChI=1S/C9H12O2/c1-6-5-8(7(2)10)3-4-9(6)11/h3-5,7,10-11H,1-2H3. The molecule has 11 heavy (non-hydrogen) atoms. The van der Waals surface area contributed by atoms with E-state index >= 15 is 0 Å². The molecule has 0 heterocycles. The van der Waals surface area contributed by atoms with Crippen LogP contribution in [0.5, 0.6) is 5.75 Å². The average molecular weight is 152 g/mol. The Morgan fingerprint density at radius 2 is 2.00 bits per heavy atom. The highest BCUT2D eigenvalue weighted by Gasteiger charge is 2.01. The third-order valence-corrected chi connectivity index (χ3v) is 1.70. The molecular weight excluding hydrogens is 140 g/mol. The van der Waals surface area contributed by atoms with E-state index in [-0.39, 0.29) is 5.75 Å². The van der Waals surface area contributed by atoms with Crippen molar-refractivity contribution in [2.45, 2.75) is 20.0 Å². The summed E-state index contributed by atoms with van der Waals surface area (Å²) >= 11 is 0. The summed E-state index contributed by atoms with van der Waals surface area (Å²) in [6, 6.07) is 5.09. The second-order valence-corrected chi connectivity index (χ2v) is 2.72. The molecule has 0 spiro atoms. The van der Waals surface area contributed by atoms with Crippen LogP contribution < -0.4 is 0 Å². The van der Waals surface area contributed by atoms with E-state index in [2.05, 4.69) is 0 Å². The van der Waals surface area contributed by atoms with Crippen LogP contribution >= 0.6 is 0 Å². The first kappa shape index (κ1) is 8.08. The zero-order valence-corrected chi connectivity index (χ0v) is 6.70. The number of phenols is 1. The largest absolute Gasteiger partial charge is 0.508 e. The third-order valence-electron chi connectivity index (χ3n) is 1.70. The first-order valence-corrected chi connectivity index (χ1v) is 3.59. The molecule has 0 saturated carbocycles. The highest BCUT2D eigenvalue weighted by atomic mass is 16.3. The van der Waals surface area contributed by atoms with Crippen LogP contribution in [0.1, 0.15) is 24.2 Å². The quantitative estimate of drug-likeness (QED) is 0.643. The molecule has 2 heteroatoms. The smallest absolute Gasteiger partial charge is 0.118 e. The lowest BCUT2D eigenvalue weighted by Gasteiger charge is -2.05. The highest BCUT2D eigenvalue weighted by molar-refractivity contribution is 5.35. The fourth-order valence-electron chi connectivity index (χ4n) is 0.939. The van der Waals surface area contributed by atoms with Crippen LogP contribution in [0.3, 0.4) is 0 Å². The summed E-state index contributed by atoms with van der Waals surface area (Å²) in [6.07, 6.45) is -0.464. The summed E-state index contributed by atoms with van der Waals surface area (Å²) in [7, 11) is 0. The molecule has 0 radical (unpaired) electrons. The second kappa shape index (κ2) is 2.93. The van der Waals surface area contributed by atoms with Crippen LogP contribution in [0, 0.1) is 6.92 Å². The van der Waals surface area contributed by atoms with E-state index in [9.17, 15) is 0 Å². The summed E-state index contributed by atoms with van der Waals surface area (Å²) < 4.78 is 0. The van der Waals surface area contributed by atoms with Gasteiger partial charge in [0, 0.05) is 0 Å². The van der Waals surface area contributed by atoms with Gasteiger partial charge in [0.25, 0.3) is 0 Å². The van der Waals surface area contributed by atoms with Crippen molar-refractivity contribution < 1.29 is 10.2 Å². The van der Waals surface area contributed by atoms with Crippen LogP contribution in [0.4, 0.5) is 0 Å². The Morgan fingerprint density at radius 3 is 2.45 bits per heavy atom. The number of aryl methyl sites for hydroxylation is 1. The molecule has 0 aliphatic carbocycles. The van der Waals surface area contributed by atoms with Crippen LogP contribution in [-0.4, -0.2) is 10.2 Å². The van der Waals surface area contributed by atoms with Crippen molar-refractivity contribution in [3.8, 4) is 5.75 Å². The maximum Gasteiger partial charge on any atom is 0.118 e. The van der Waals surface area contributed by atoms with E-state index < -0.39 is 6.10 Å². The highest BCUT2D eigenvalue weighted by Crippen LogP contribution is 2.20. The molecule has 1 unspecified atom stereocenters. The third kappa shape index (κ3) is 1.71. The molecule has 2 nitrogen and oxygen atoms in total. The van der Waals surface area contributed by atoms with Crippen LogP contribution in [-0.2, 0) is 0 Å². The zero-order chi connectivity index (χ0) is 8.43. The van der Waals surface area contributed by atoms with Gasteiger partial charge in [0.05, 0.1) is 6.10 Å². The fourth-order valence-corrected chi connectivity index (χ4v) is 0.939. The molecule has 0 saturated heterocycles. The van der Waals surface area contributed by atoms with Gasteiger partial charge >= 0.3 is 0 Å². The monoisotopic (exact) mass is 152 g/mol. The zero-order valence-electron chi connectivity index (χ0n) is 6.70. The number of phenolic OH excluding ortho intramolecular Hbond substituents is 1. The maximum atomic E-state index is 9.16. The van der Waals surface area contributed by atoms with Gasteiger partial charge in [-0.05, 0) is 37.1 Å². The van der Waals surface area contributed by atoms with Crippen molar-refractivity contribution in [1.82, 2.24) is 0 Å². The molecule has 2 N–H and O–H groups in total. The number of hydrogen-bond donors (Lipinski definition) is 2. The van der Waals surface area contributed by atoms with Gasteiger partial charge in [-0.2, -0.15) is 0 Å². The van der Waals surface area contributed by atoms with Crippen molar-refractivity contribution in [1.29, 1.82) is 0 Å². The van der Waals surface area contributed by atoms with Crippen molar-refractivity contribution in [2.24, 2.45) is 0 Å². The lowest BCUT2D eigenvalue weighted by molar-refractivity contribution is 0.199. The minimum atomic E-state index is -0.464. The van der Waals surface area contributed by atoms with Crippen molar-refractivity contribution in [2.75, 3.05) is 0 Å². The van der Waals surface area contributed by atoms with E-state index in [1.807, 2.05) is 0 Å². The van der Waals surface area contributed by atoms with Gasteiger partial charge in [-0.1, -0.05) is 6.07 Å². The molecule has 1 aromatic rings. The number of aliphatic hydroxyl groups is 1. The average Bonchev–Trinajstić information content (AvgIpc) is 1.94. The van der Waals surface area contributed by atoms with E-state index in [0.29, 0.717) is 0 Å². The molecule has 0 aromatic heterocycles. The van der Waals surface area contributed by atoms with Crippen molar-refractivity contribution >= 4 is 0 Å². The first-order valence-electron chi connectivity index (χ1n) is 3.59. The normalized spacial score (nSPS) is 13.0. The summed E-state index contributed by atoms with van der Waals surface area (Å²) in [5, 5.41) is 18.3. The van der Waals surface area contributed by atoms with Crippen LogP contribution in [0.15, 0.2) is 18.2 Å². The van der Waals surface area contributed by atoms with Gasteiger partial charge in [0.15, 0.2) is 0 Å². The SMILES string of the molecule is Cc1cc(C(C)O)ccc1O. The summed E-state index contributed by atoms with van der Waals surface area (Å²) in [6.45, 7) is 3.51. The van der Waals surface area contributed by atoms with Gasteiger partial charge in [0.1, 0.15) is 5.75 Å². The van der Waals surface area contributed by atoms with Gasteiger partial charge in [-0.15, -0.1) is 0 Å². The Hall–Kier alpha value is -1.02. The topological polar surface area (TPSA) is 40.5 Å². The predicted molar refractivity (Wildman–Crippen MR) is 43.5 cm³/mol. The molecule has 0 amide bonds. The van der Waals surface area contributed by atoms with E-state index in [1.165, 1.54) is 0 Å². The number of hydrogen-bond acceptors (Lipinski definition) is 2. The summed E-state index contributed by atoms with van der Waals surface area (Å²) in [5.41, 5.74) is 1.63. The molecule has 0 aliphatic rings. The van der Waals surface area contributed by atoms with Gasteiger partial charge in [0.2, 0.25) is 0 Å². The minimum absolute atomic E-state index is 0.273. The molecule has 0 bridgehead atoms. The lowest BCUT2D eigenvalue weighted by atomic mass is 10.1. The Balaban J connectivity index is 3.05. The Morgan fingerprint density at radius 1 is 1.36 bits per heavy atom. The Kier molecular flexibility index (Phi) is 2.15. The number of aliphatic hydroxyl groups excluding tert-OH is 1. The van der Waals surface area contributed by atoms with Crippen LogP contribution in [0.2, 0.25) is 0 Å². The van der Waals surface area contributed by atoms with Crippen molar-refractivity contribution in [3.63, 3.8) is 0 Å². The molecule has 1 rings (SSSR count). The molecule has 0 aliphatic heterocycles. The maximum absolute atomic E-state index is 9.16. The first-order chi connectivity index (χ1) is 5.11. The minimum Gasteiger partial charge on any atom is -0.508 e. The number of rotatable bonds is 1. The van der Waals surface area contributed by atoms with E-state index in [4.69, 9.17) is 10.2 Å². The van der Waals surface area contributed by atoms with Crippen LogP contribution in [0.25, 0.3) is 0 Å². The molecule has 1 atom stereocenters. The van der Waals surface area contributed by atoms with Gasteiger partial charge in [-0.3, -0.25) is 0 Å². The van der Waals surface area contributed by atoms with E-state index in [1.54, 1.807) is 32.0 Å². The molecular formula is C9H12O2. The van der Waals surface area contributed by atoms with E-state index in [0.717, 1.165) is 11.1 Å². The van der Waals surface area contributed by atoms with Gasteiger partial charge < -0.3 is 10.2 Å². The Labute approximate surface area is 66.1 Å². The number of benzene rings is 1. The number of aromatic hydroxyl groups is 1. The van der Waals surface area contributed by atoms with Crippen molar-refractivity contribution in [3.05, 3.63) is 29.3 Å². The summed E-state index contributed by atoms with van der Waals surface area (Å²) in [5.74, 6) is 0.273. The Bertz CT molecular complexity index is 254. The molecule has 1 aromatic carbocycles.